The van der Waals surface area contributed by atoms with Gasteiger partial charge in [-0.2, -0.15) is 0 Å². The zero-order valence-corrected chi connectivity index (χ0v) is 10.6. The number of hydrogen-bond acceptors (Lipinski definition) is 0. The molecular formula is C14H25N2+. The van der Waals surface area contributed by atoms with E-state index in [1.165, 1.54) is 70.3 Å². The lowest BCUT2D eigenvalue weighted by Gasteiger charge is -2.00. The summed E-state index contributed by atoms with van der Waals surface area (Å²) in [6.07, 6.45) is 15.7. The zero-order chi connectivity index (χ0) is 11.2. The average Bonchev–Trinajstić information content (AvgIpc) is 2.64. The van der Waals surface area contributed by atoms with E-state index in [0.29, 0.717) is 0 Å². The third kappa shape index (κ3) is 3.10. The van der Waals surface area contributed by atoms with E-state index in [1.807, 2.05) is 0 Å². The number of rotatable bonds is 0. The number of imidazole rings is 1. The molecule has 0 aromatic carbocycles. The topological polar surface area (TPSA) is 8.81 Å². The number of hydrogen-bond donors (Lipinski definition) is 0. The van der Waals surface area contributed by atoms with Crippen LogP contribution in [0.15, 0.2) is 12.4 Å². The van der Waals surface area contributed by atoms with Crippen LogP contribution in [-0.4, -0.2) is 4.57 Å². The van der Waals surface area contributed by atoms with Crippen molar-refractivity contribution >= 4 is 0 Å². The monoisotopic (exact) mass is 221 g/mol. The SMILES string of the molecule is Cc1n2cc[n+]1CCCCCCCCCC2. The van der Waals surface area contributed by atoms with Gasteiger partial charge in [0.1, 0.15) is 12.4 Å². The second-order valence-electron chi connectivity index (χ2n) is 5.06. The highest BCUT2D eigenvalue weighted by Crippen LogP contribution is 2.11. The molecule has 1 aliphatic rings. The maximum atomic E-state index is 2.41. The van der Waals surface area contributed by atoms with Crippen molar-refractivity contribution in [3.63, 3.8) is 0 Å². The highest BCUT2D eigenvalue weighted by molar-refractivity contribution is 4.79. The van der Waals surface area contributed by atoms with Gasteiger partial charge in [-0.3, -0.25) is 0 Å². The Balaban J connectivity index is 1.98. The smallest absolute Gasteiger partial charge is 0.234 e. The molecule has 0 saturated carbocycles. The Hall–Kier alpha value is -0.790. The van der Waals surface area contributed by atoms with E-state index in [-0.39, 0.29) is 0 Å². The maximum absolute atomic E-state index is 2.41. The van der Waals surface area contributed by atoms with Gasteiger partial charge in [0.15, 0.2) is 0 Å². The van der Waals surface area contributed by atoms with Crippen molar-refractivity contribution in [2.45, 2.75) is 71.4 Å². The van der Waals surface area contributed by atoms with Gasteiger partial charge in [-0.15, -0.1) is 0 Å². The van der Waals surface area contributed by atoms with Crippen molar-refractivity contribution in [3.05, 3.63) is 18.2 Å². The quantitative estimate of drug-likeness (QED) is 0.595. The lowest BCUT2D eigenvalue weighted by molar-refractivity contribution is -0.702. The highest BCUT2D eigenvalue weighted by Gasteiger charge is 2.11. The van der Waals surface area contributed by atoms with Gasteiger partial charge in [0.2, 0.25) is 0 Å². The van der Waals surface area contributed by atoms with Crippen molar-refractivity contribution in [1.82, 2.24) is 4.57 Å². The lowest BCUT2D eigenvalue weighted by atomic mass is 10.1. The molecule has 1 aromatic heterocycles. The van der Waals surface area contributed by atoms with Gasteiger partial charge in [0, 0.05) is 6.92 Å². The van der Waals surface area contributed by atoms with Gasteiger partial charge < -0.3 is 0 Å². The third-order valence-corrected chi connectivity index (χ3v) is 3.81. The molecule has 2 bridgehead atoms. The molecule has 0 unspecified atom stereocenters. The Labute approximate surface area is 99.3 Å². The first-order chi connectivity index (χ1) is 7.88. The van der Waals surface area contributed by atoms with Crippen LogP contribution < -0.4 is 4.57 Å². The minimum absolute atomic E-state index is 1.21. The summed E-state index contributed by atoms with van der Waals surface area (Å²) in [5.41, 5.74) is 0. The van der Waals surface area contributed by atoms with Crippen LogP contribution in [0.25, 0.3) is 0 Å². The van der Waals surface area contributed by atoms with Gasteiger partial charge >= 0.3 is 0 Å². The minimum atomic E-state index is 1.21. The average molecular weight is 221 g/mol. The molecule has 0 atom stereocenters. The molecule has 16 heavy (non-hydrogen) atoms. The van der Waals surface area contributed by atoms with Gasteiger partial charge in [0.05, 0.1) is 13.1 Å². The molecule has 0 amide bonds. The summed E-state index contributed by atoms with van der Waals surface area (Å²) >= 11 is 0. The van der Waals surface area contributed by atoms with Gasteiger partial charge in [-0.25, -0.2) is 9.13 Å². The molecule has 1 aromatic rings. The summed E-state index contributed by atoms with van der Waals surface area (Å²) in [5.74, 6) is 1.43. The fourth-order valence-corrected chi connectivity index (χ4v) is 2.64. The predicted octanol–water partition coefficient (Wildman–Crippen LogP) is 3.22. The van der Waals surface area contributed by atoms with Gasteiger partial charge in [0.25, 0.3) is 5.82 Å². The standard InChI is InChI=1S/C14H25N2/c1-14-15-10-8-6-4-2-3-5-7-9-11-16(14)13-12-15/h12-13H,2-11H2,1H3/q+1. The van der Waals surface area contributed by atoms with Crippen LogP contribution >= 0.6 is 0 Å². The van der Waals surface area contributed by atoms with Gasteiger partial charge in [-0.05, 0) is 25.7 Å². The van der Waals surface area contributed by atoms with Crippen LogP contribution in [-0.2, 0) is 13.1 Å². The molecule has 0 spiro atoms. The molecule has 0 saturated heterocycles. The van der Waals surface area contributed by atoms with E-state index < -0.39 is 0 Å². The largest absolute Gasteiger partial charge is 0.253 e. The van der Waals surface area contributed by atoms with E-state index in [2.05, 4.69) is 28.5 Å². The summed E-state index contributed by atoms with van der Waals surface area (Å²) in [6, 6.07) is 0. The molecule has 2 rings (SSSR count). The molecule has 0 fully saturated rings. The Bertz CT molecular complexity index is 285. The normalized spacial score (nSPS) is 19.6. The van der Waals surface area contributed by atoms with E-state index in [1.54, 1.807) is 0 Å². The fourth-order valence-electron chi connectivity index (χ4n) is 2.64. The Kier molecular flexibility index (Phi) is 4.44. The first-order valence-electron chi connectivity index (χ1n) is 6.93. The molecule has 0 aliphatic carbocycles. The molecule has 1 aliphatic heterocycles. The van der Waals surface area contributed by atoms with Crippen LogP contribution in [0.4, 0.5) is 0 Å². The van der Waals surface area contributed by atoms with Crippen LogP contribution in [0.2, 0.25) is 0 Å². The molecule has 2 heteroatoms. The van der Waals surface area contributed by atoms with Crippen LogP contribution in [0.1, 0.15) is 57.2 Å². The first-order valence-corrected chi connectivity index (χ1v) is 6.93. The summed E-state index contributed by atoms with van der Waals surface area (Å²) in [4.78, 5) is 0. The number of fused-ring (bicyclic) bond motifs is 2. The molecule has 0 radical (unpaired) electrons. The summed E-state index contributed by atoms with van der Waals surface area (Å²) in [7, 11) is 0. The van der Waals surface area contributed by atoms with Crippen molar-refractivity contribution in [2.75, 3.05) is 0 Å². The Morgan fingerprint density at radius 3 is 2.31 bits per heavy atom. The van der Waals surface area contributed by atoms with Crippen molar-refractivity contribution in [1.29, 1.82) is 0 Å². The molecule has 2 heterocycles. The first kappa shape index (κ1) is 11.7. The zero-order valence-electron chi connectivity index (χ0n) is 10.6. The number of nitrogens with zero attached hydrogens (tertiary/aromatic N) is 2. The molecule has 2 nitrogen and oxygen atoms in total. The lowest BCUT2D eigenvalue weighted by Crippen LogP contribution is -2.35. The van der Waals surface area contributed by atoms with Crippen LogP contribution in [0.3, 0.4) is 0 Å². The maximum Gasteiger partial charge on any atom is 0.253 e. The minimum Gasteiger partial charge on any atom is -0.234 e. The molecule has 0 N–H and O–H groups in total. The van der Waals surface area contributed by atoms with Gasteiger partial charge in [-0.1, -0.05) is 25.7 Å². The fraction of sp³-hybridized carbons (Fsp3) is 0.786. The highest BCUT2D eigenvalue weighted by atomic mass is 15.1. The molecule has 90 valence electrons. The van der Waals surface area contributed by atoms with E-state index in [4.69, 9.17) is 0 Å². The Morgan fingerprint density at radius 2 is 1.56 bits per heavy atom. The van der Waals surface area contributed by atoms with Crippen molar-refractivity contribution in [3.8, 4) is 0 Å². The van der Waals surface area contributed by atoms with Crippen LogP contribution in [0.5, 0.6) is 0 Å². The predicted molar refractivity (Wildman–Crippen MR) is 66.3 cm³/mol. The van der Waals surface area contributed by atoms with Crippen molar-refractivity contribution in [2.24, 2.45) is 0 Å². The Morgan fingerprint density at radius 1 is 0.938 bits per heavy atom. The van der Waals surface area contributed by atoms with Crippen molar-refractivity contribution < 1.29 is 4.57 Å². The third-order valence-electron chi connectivity index (χ3n) is 3.81. The summed E-state index contributed by atoms with van der Waals surface area (Å²) in [6.45, 7) is 4.66. The number of aryl methyl sites for hydroxylation is 2. The van der Waals surface area contributed by atoms with E-state index >= 15 is 0 Å². The van der Waals surface area contributed by atoms with E-state index in [9.17, 15) is 0 Å². The summed E-state index contributed by atoms with van der Waals surface area (Å²) < 4.78 is 4.83. The molecular weight excluding hydrogens is 196 g/mol. The second kappa shape index (κ2) is 6.07. The second-order valence-corrected chi connectivity index (χ2v) is 5.06. The summed E-state index contributed by atoms with van der Waals surface area (Å²) in [5, 5.41) is 0. The van der Waals surface area contributed by atoms with E-state index in [0.717, 1.165) is 0 Å². The van der Waals surface area contributed by atoms with Crippen LogP contribution in [0, 0.1) is 6.92 Å². The number of aromatic nitrogens is 2.